The van der Waals surface area contributed by atoms with Gasteiger partial charge in [0, 0.05) is 31.0 Å². The van der Waals surface area contributed by atoms with Crippen LogP contribution in [0, 0.1) is 11.8 Å². The molecule has 0 bridgehead atoms. The fourth-order valence-electron chi connectivity index (χ4n) is 1.65. The number of fused-ring (bicyclic) bond motifs is 1. The van der Waals surface area contributed by atoms with E-state index in [-0.39, 0.29) is 23.4 Å². The summed E-state index contributed by atoms with van der Waals surface area (Å²) in [5.74, 6) is 0.444. The molecule has 1 heterocycles. The maximum atomic E-state index is 11.0. The minimum absolute atomic E-state index is 0.0278. The summed E-state index contributed by atoms with van der Waals surface area (Å²) < 4.78 is 0. The van der Waals surface area contributed by atoms with Crippen LogP contribution in [0.4, 0.5) is 0 Å². The summed E-state index contributed by atoms with van der Waals surface area (Å²) in [5, 5.41) is 12.2. The number of allylic oxidation sites excluding steroid dienone is 1. The van der Waals surface area contributed by atoms with Crippen molar-refractivity contribution in [1.29, 1.82) is 0 Å². The second-order valence-corrected chi connectivity index (χ2v) is 2.84. The van der Waals surface area contributed by atoms with Crippen molar-refractivity contribution < 1.29 is 9.90 Å². The fourth-order valence-corrected chi connectivity index (χ4v) is 1.65. The molecule has 0 saturated carbocycles. The van der Waals surface area contributed by atoms with Crippen molar-refractivity contribution in [2.75, 3.05) is 13.1 Å². The first kappa shape index (κ1) is 5.92. The summed E-state index contributed by atoms with van der Waals surface area (Å²) in [6.45, 7) is 1.47. The average Bonchev–Trinajstić information content (AvgIpc) is 2.39. The van der Waals surface area contributed by atoms with Crippen LogP contribution >= 0.6 is 0 Å². The highest BCUT2D eigenvalue weighted by Gasteiger charge is 2.39. The molecule has 3 nitrogen and oxygen atoms in total. The third kappa shape index (κ3) is 0.609. The van der Waals surface area contributed by atoms with Gasteiger partial charge in [-0.3, -0.25) is 4.79 Å². The highest BCUT2D eigenvalue weighted by molar-refractivity contribution is 5.95. The molecule has 1 fully saturated rings. The minimum atomic E-state index is 0.0278. The van der Waals surface area contributed by atoms with E-state index in [1.54, 1.807) is 0 Å². The normalized spacial score (nSPS) is 38.0. The first-order valence-electron chi connectivity index (χ1n) is 3.44. The van der Waals surface area contributed by atoms with Crippen molar-refractivity contribution in [2.24, 2.45) is 11.8 Å². The largest absolute Gasteiger partial charge is 0.512 e. The molecular formula is C7H9NO2. The van der Waals surface area contributed by atoms with Crippen molar-refractivity contribution in [3.05, 3.63) is 11.8 Å². The Morgan fingerprint density at radius 2 is 2.20 bits per heavy atom. The number of hydrogen-bond acceptors (Lipinski definition) is 3. The van der Waals surface area contributed by atoms with Gasteiger partial charge in [-0.15, -0.1) is 0 Å². The number of nitrogens with one attached hydrogen (secondary N) is 1. The Morgan fingerprint density at radius 3 is 2.90 bits per heavy atom. The molecule has 2 rings (SSSR count). The Kier molecular flexibility index (Phi) is 1.08. The molecule has 0 spiro atoms. The monoisotopic (exact) mass is 139 g/mol. The number of carbonyl (C=O) groups is 1. The number of aliphatic hydroxyl groups excluding tert-OH is 1. The lowest BCUT2D eigenvalue weighted by Gasteiger charge is -2.04. The SMILES string of the molecule is O=C1C=C(O)[C@@H]2CNC[C@@H]12. The quantitative estimate of drug-likeness (QED) is 0.490. The van der Waals surface area contributed by atoms with Gasteiger partial charge in [0.05, 0.1) is 0 Å². The van der Waals surface area contributed by atoms with Crippen LogP contribution in [-0.4, -0.2) is 24.0 Å². The van der Waals surface area contributed by atoms with Gasteiger partial charge in [-0.25, -0.2) is 0 Å². The van der Waals surface area contributed by atoms with Crippen LogP contribution in [0.5, 0.6) is 0 Å². The summed E-state index contributed by atoms with van der Waals surface area (Å²) in [5.41, 5.74) is 0. The molecule has 0 aromatic carbocycles. The van der Waals surface area contributed by atoms with Crippen LogP contribution in [0.2, 0.25) is 0 Å². The molecule has 1 saturated heterocycles. The maximum absolute atomic E-state index is 11.0. The van der Waals surface area contributed by atoms with E-state index in [0.29, 0.717) is 0 Å². The average molecular weight is 139 g/mol. The Bertz CT molecular complexity index is 210. The summed E-state index contributed by atoms with van der Waals surface area (Å²) in [4.78, 5) is 11.0. The molecule has 0 aromatic heterocycles. The van der Waals surface area contributed by atoms with E-state index in [4.69, 9.17) is 0 Å². The highest BCUT2D eigenvalue weighted by Crippen LogP contribution is 2.29. The lowest BCUT2D eigenvalue weighted by Crippen LogP contribution is -2.15. The zero-order chi connectivity index (χ0) is 7.14. The molecule has 2 N–H and O–H groups in total. The zero-order valence-corrected chi connectivity index (χ0v) is 5.50. The topological polar surface area (TPSA) is 49.3 Å². The molecule has 2 atom stereocenters. The smallest absolute Gasteiger partial charge is 0.164 e. The van der Waals surface area contributed by atoms with Crippen LogP contribution in [0.3, 0.4) is 0 Å². The number of carbonyl (C=O) groups excluding carboxylic acids is 1. The lowest BCUT2D eigenvalue weighted by atomic mass is 9.98. The van der Waals surface area contributed by atoms with E-state index < -0.39 is 0 Å². The van der Waals surface area contributed by atoms with Crippen LogP contribution < -0.4 is 5.32 Å². The van der Waals surface area contributed by atoms with Crippen molar-refractivity contribution in [3.63, 3.8) is 0 Å². The number of ketones is 1. The first-order valence-corrected chi connectivity index (χ1v) is 3.44. The Balaban J connectivity index is 2.29. The van der Waals surface area contributed by atoms with E-state index >= 15 is 0 Å². The van der Waals surface area contributed by atoms with Gasteiger partial charge in [-0.2, -0.15) is 0 Å². The van der Waals surface area contributed by atoms with Crippen LogP contribution in [0.1, 0.15) is 0 Å². The number of rotatable bonds is 0. The van der Waals surface area contributed by atoms with Crippen LogP contribution in [0.15, 0.2) is 11.8 Å². The molecule has 0 aromatic rings. The van der Waals surface area contributed by atoms with Gasteiger partial charge in [-0.1, -0.05) is 0 Å². The zero-order valence-electron chi connectivity index (χ0n) is 5.50. The molecule has 3 heteroatoms. The van der Waals surface area contributed by atoms with E-state index in [1.165, 1.54) is 6.08 Å². The van der Waals surface area contributed by atoms with E-state index in [2.05, 4.69) is 5.32 Å². The lowest BCUT2D eigenvalue weighted by molar-refractivity contribution is -0.117. The molecule has 2 aliphatic rings. The van der Waals surface area contributed by atoms with Crippen LogP contribution in [-0.2, 0) is 4.79 Å². The van der Waals surface area contributed by atoms with Crippen molar-refractivity contribution in [3.8, 4) is 0 Å². The summed E-state index contributed by atoms with van der Waals surface area (Å²) in [7, 11) is 0. The standard InChI is InChI=1S/C7H9NO2/c9-6-1-7(10)5-3-8-2-4(5)6/h1,4-5,8-9H,2-3H2/t4-,5-/m1/s1. The van der Waals surface area contributed by atoms with Gasteiger partial charge in [-0.05, 0) is 0 Å². The molecule has 54 valence electrons. The Labute approximate surface area is 58.7 Å². The van der Waals surface area contributed by atoms with Gasteiger partial charge in [0.15, 0.2) is 5.78 Å². The predicted molar refractivity (Wildman–Crippen MR) is 35.6 cm³/mol. The van der Waals surface area contributed by atoms with Gasteiger partial charge in [0.1, 0.15) is 5.76 Å². The molecule has 1 aliphatic heterocycles. The van der Waals surface area contributed by atoms with Crippen molar-refractivity contribution >= 4 is 5.78 Å². The van der Waals surface area contributed by atoms with Crippen LogP contribution in [0.25, 0.3) is 0 Å². The van der Waals surface area contributed by atoms with E-state index in [9.17, 15) is 9.90 Å². The predicted octanol–water partition coefficient (Wildman–Crippen LogP) is -0.153. The molecule has 0 radical (unpaired) electrons. The van der Waals surface area contributed by atoms with E-state index in [1.807, 2.05) is 0 Å². The number of hydrogen-bond donors (Lipinski definition) is 2. The first-order chi connectivity index (χ1) is 4.79. The molecular weight excluding hydrogens is 130 g/mol. The molecule has 0 unspecified atom stereocenters. The van der Waals surface area contributed by atoms with Gasteiger partial charge in [0.2, 0.25) is 0 Å². The summed E-state index contributed by atoms with van der Waals surface area (Å²) >= 11 is 0. The molecule has 1 aliphatic carbocycles. The van der Waals surface area contributed by atoms with Crippen molar-refractivity contribution in [2.45, 2.75) is 0 Å². The summed E-state index contributed by atoms with van der Waals surface area (Å²) in [6, 6.07) is 0. The Hall–Kier alpha value is -0.830. The Morgan fingerprint density at radius 1 is 1.50 bits per heavy atom. The molecule has 0 amide bonds. The maximum Gasteiger partial charge on any atom is 0.164 e. The summed E-state index contributed by atoms with van der Waals surface area (Å²) in [6.07, 6.45) is 1.36. The van der Waals surface area contributed by atoms with Gasteiger partial charge < -0.3 is 10.4 Å². The van der Waals surface area contributed by atoms with E-state index in [0.717, 1.165) is 13.1 Å². The second kappa shape index (κ2) is 1.83. The minimum Gasteiger partial charge on any atom is -0.512 e. The van der Waals surface area contributed by atoms with Crippen molar-refractivity contribution in [1.82, 2.24) is 5.32 Å². The number of aliphatic hydroxyl groups is 1. The van der Waals surface area contributed by atoms with Gasteiger partial charge >= 0.3 is 0 Å². The highest BCUT2D eigenvalue weighted by atomic mass is 16.3. The third-order valence-electron chi connectivity index (χ3n) is 2.25. The third-order valence-corrected chi connectivity index (χ3v) is 2.25. The molecule has 10 heavy (non-hydrogen) atoms. The second-order valence-electron chi connectivity index (χ2n) is 2.84. The van der Waals surface area contributed by atoms with Gasteiger partial charge in [0.25, 0.3) is 0 Å². The fraction of sp³-hybridized carbons (Fsp3) is 0.571.